The predicted octanol–water partition coefficient (Wildman–Crippen LogP) is 5.34. The zero-order valence-corrected chi connectivity index (χ0v) is 16.8. The van der Waals surface area contributed by atoms with E-state index in [-0.39, 0.29) is 6.03 Å². The Morgan fingerprint density at radius 3 is 2.93 bits per heavy atom. The Balaban J connectivity index is 1.52. The fraction of sp³-hybridized carbons (Fsp3) is 0.273. The normalized spacial score (nSPS) is 14.2. The first-order valence-corrected chi connectivity index (χ1v) is 9.90. The Morgan fingerprint density at radius 1 is 1.32 bits per heavy atom. The molecule has 4 rings (SSSR count). The molecule has 0 saturated heterocycles. The Bertz CT molecular complexity index is 1070. The molecule has 0 atom stereocenters. The second-order valence-corrected chi connectivity index (χ2v) is 7.45. The van der Waals surface area contributed by atoms with Crippen molar-refractivity contribution in [2.45, 2.75) is 26.8 Å². The van der Waals surface area contributed by atoms with Crippen LogP contribution in [0, 0.1) is 6.92 Å². The number of urea groups is 1. The number of nitrogens with one attached hydrogen (secondary N) is 1. The van der Waals surface area contributed by atoms with Crippen molar-refractivity contribution in [2.75, 3.05) is 18.4 Å². The van der Waals surface area contributed by atoms with Crippen molar-refractivity contribution in [3.63, 3.8) is 0 Å². The summed E-state index contributed by atoms with van der Waals surface area (Å²) < 4.78 is 2.17. The number of rotatable bonds is 3. The largest absolute Gasteiger partial charge is 0.332 e. The highest BCUT2D eigenvalue weighted by Crippen LogP contribution is 2.30. The lowest BCUT2D eigenvalue weighted by atomic mass is 10.00. The highest BCUT2D eigenvalue weighted by atomic mass is 35.5. The monoisotopic (exact) mass is 394 g/mol. The minimum Gasteiger partial charge on any atom is -0.332 e. The Hall–Kier alpha value is -2.79. The molecule has 0 fully saturated rings. The predicted molar refractivity (Wildman–Crippen MR) is 115 cm³/mol. The number of carbonyl (C=O) groups is 1. The van der Waals surface area contributed by atoms with Gasteiger partial charge in [0.25, 0.3) is 0 Å². The number of carbonyl (C=O) groups excluding carboxylic acids is 1. The first-order chi connectivity index (χ1) is 13.6. The van der Waals surface area contributed by atoms with Crippen molar-refractivity contribution in [3.8, 4) is 0 Å². The van der Waals surface area contributed by atoms with Gasteiger partial charge in [-0.05, 0) is 55.7 Å². The lowest BCUT2D eigenvalue weighted by Gasteiger charge is -2.27. The summed E-state index contributed by atoms with van der Waals surface area (Å²) in [5.74, 6) is 0. The molecule has 5 nitrogen and oxygen atoms in total. The third-order valence-corrected chi connectivity index (χ3v) is 5.49. The summed E-state index contributed by atoms with van der Waals surface area (Å²) in [5.41, 5.74) is 5.25. The Labute approximate surface area is 169 Å². The van der Waals surface area contributed by atoms with Gasteiger partial charge in [0.2, 0.25) is 0 Å². The average Bonchev–Trinajstić information content (AvgIpc) is 3.10. The fourth-order valence-electron chi connectivity index (χ4n) is 3.64. The molecule has 1 aliphatic heterocycles. The van der Waals surface area contributed by atoms with Crippen LogP contribution < -0.4 is 5.32 Å². The SMILES string of the molecule is CCn1cc(C2=CCN(C(=O)Nc3cc(Cl)ccc3C)CC2)c2cccnc21. The Kier molecular flexibility index (Phi) is 5.09. The van der Waals surface area contributed by atoms with Crippen LogP contribution in [-0.2, 0) is 6.54 Å². The van der Waals surface area contributed by atoms with Crippen LogP contribution in [0.3, 0.4) is 0 Å². The summed E-state index contributed by atoms with van der Waals surface area (Å²) in [6, 6.07) is 9.51. The summed E-state index contributed by atoms with van der Waals surface area (Å²) in [5, 5.41) is 4.76. The number of benzene rings is 1. The zero-order valence-electron chi connectivity index (χ0n) is 16.1. The van der Waals surface area contributed by atoms with Crippen molar-refractivity contribution >= 4 is 39.9 Å². The molecule has 0 saturated carbocycles. The van der Waals surface area contributed by atoms with E-state index in [4.69, 9.17) is 11.6 Å². The summed E-state index contributed by atoms with van der Waals surface area (Å²) >= 11 is 6.05. The second-order valence-electron chi connectivity index (χ2n) is 7.02. The number of pyridine rings is 1. The number of hydrogen-bond acceptors (Lipinski definition) is 2. The van der Waals surface area contributed by atoms with E-state index in [1.807, 2.05) is 36.2 Å². The highest BCUT2D eigenvalue weighted by Gasteiger charge is 2.21. The first-order valence-electron chi connectivity index (χ1n) is 9.52. The lowest BCUT2D eigenvalue weighted by Crippen LogP contribution is -2.38. The van der Waals surface area contributed by atoms with Gasteiger partial charge in [0, 0.05) is 53.7 Å². The number of hydrogen-bond donors (Lipinski definition) is 1. The maximum absolute atomic E-state index is 12.7. The van der Waals surface area contributed by atoms with Gasteiger partial charge >= 0.3 is 6.03 Å². The van der Waals surface area contributed by atoms with Crippen LogP contribution in [0.4, 0.5) is 10.5 Å². The molecule has 0 bridgehead atoms. The molecule has 0 unspecified atom stereocenters. The number of anilines is 1. The van der Waals surface area contributed by atoms with Crippen LogP contribution in [0.5, 0.6) is 0 Å². The molecule has 1 aliphatic rings. The maximum Gasteiger partial charge on any atom is 0.322 e. The van der Waals surface area contributed by atoms with Crippen LogP contribution in [0.15, 0.2) is 48.8 Å². The van der Waals surface area contributed by atoms with E-state index >= 15 is 0 Å². The van der Waals surface area contributed by atoms with Crippen LogP contribution in [0.25, 0.3) is 16.6 Å². The van der Waals surface area contributed by atoms with Crippen LogP contribution in [-0.4, -0.2) is 33.6 Å². The smallest absolute Gasteiger partial charge is 0.322 e. The molecular formula is C22H23ClN4O. The lowest BCUT2D eigenvalue weighted by molar-refractivity contribution is 0.217. The van der Waals surface area contributed by atoms with Gasteiger partial charge in [0.15, 0.2) is 0 Å². The number of halogens is 1. The molecule has 28 heavy (non-hydrogen) atoms. The average molecular weight is 395 g/mol. The first kappa shape index (κ1) is 18.6. The van der Waals surface area contributed by atoms with E-state index in [0.717, 1.165) is 29.9 Å². The van der Waals surface area contributed by atoms with E-state index in [9.17, 15) is 4.79 Å². The van der Waals surface area contributed by atoms with Gasteiger partial charge in [-0.1, -0.05) is 23.7 Å². The molecule has 0 aliphatic carbocycles. The van der Waals surface area contributed by atoms with Gasteiger partial charge in [-0.25, -0.2) is 9.78 Å². The number of nitrogens with zero attached hydrogens (tertiary/aromatic N) is 3. The summed E-state index contributed by atoms with van der Waals surface area (Å²) in [7, 11) is 0. The van der Waals surface area contributed by atoms with Crippen molar-refractivity contribution in [3.05, 3.63) is 65.0 Å². The molecule has 144 valence electrons. The van der Waals surface area contributed by atoms with E-state index in [2.05, 4.69) is 40.1 Å². The molecule has 6 heteroatoms. The number of amides is 2. The summed E-state index contributed by atoms with van der Waals surface area (Å²) in [4.78, 5) is 19.0. The minimum atomic E-state index is -0.0988. The van der Waals surface area contributed by atoms with Crippen LogP contribution in [0.1, 0.15) is 24.5 Å². The van der Waals surface area contributed by atoms with Crippen molar-refractivity contribution < 1.29 is 4.79 Å². The molecule has 0 radical (unpaired) electrons. The van der Waals surface area contributed by atoms with Gasteiger partial charge in [-0.2, -0.15) is 0 Å². The van der Waals surface area contributed by atoms with Crippen molar-refractivity contribution in [2.24, 2.45) is 0 Å². The molecule has 3 aromatic rings. The fourth-order valence-corrected chi connectivity index (χ4v) is 3.81. The molecule has 2 aromatic heterocycles. The van der Waals surface area contributed by atoms with E-state index < -0.39 is 0 Å². The number of fused-ring (bicyclic) bond motifs is 1. The van der Waals surface area contributed by atoms with Gasteiger partial charge < -0.3 is 14.8 Å². The third kappa shape index (κ3) is 3.50. The topological polar surface area (TPSA) is 50.2 Å². The quantitative estimate of drug-likeness (QED) is 0.651. The van der Waals surface area contributed by atoms with Gasteiger partial charge in [0.1, 0.15) is 5.65 Å². The number of aromatic nitrogens is 2. The third-order valence-electron chi connectivity index (χ3n) is 5.26. The maximum atomic E-state index is 12.7. The summed E-state index contributed by atoms with van der Waals surface area (Å²) in [6.07, 6.45) is 6.97. The standard InChI is InChI=1S/C22H23ClN4O/c1-3-26-14-19(18-5-4-10-24-21(18)26)16-8-11-27(12-9-16)22(28)25-20-13-17(23)7-6-15(20)2/h4-8,10,13-14H,3,9,11-12H2,1-2H3,(H,25,28). The van der Waals surface area contributed by atoms with E-state index in [0.29, 0.717) is 18.1 Å². The minimum absolute atomic E-state index is 0.0988. The highest BCUT2D eigenvalue weighted by molar-refractivity contribution is 6.31. The van der Waals surface area contributed by atoms with Crippen molar-refractivity contribution in [1.29, 1.82) is 0 Å². The zero-order chi connectivity index (χ0) is 19.7. The molecule has 1 N–H and O–H groups in total. The van der Waals surface area contributed by atoms with Crippen LogP contribution in [0.2, 0.25) is 5.02 Å². The second kappa shape index (κ2) is 7.68. The van der Waals surface area contributed by atoms with E-state index in [1.54, 1.807) is 6.07 Å². The van der Waals surface area contributed by atoms with Gasteiger partial charge in [0.05, 0.1) is 0 Å². The van der Waals surface area contributed by atoms with Gasteiger partial charge in [-0.15, -0.1) is 0 Å². The number of aryl methyl sites for hydroxylation is 2. The molecule has 1 aromatic carbocycles. The Morgan fingerprint density at radius 2 is 2.18 bits per heavy atom. The molecule has 2 amide bonds. The van der Waals surface area contributed by atoms with Crippen LogP contribution >= 0.6 is 11.6 Å². The van der Waals surface area contributed by atoms with E-state index in [1.165, 1.54) is 16.5 Å². The molecule has 0 spiro atoms. The molecule has 3 heterocycles. The molecular weight excluding hydrogens is 372 g/mol. The van der Waals surface area contributed by atoms with Gasteiger partial charge in [-0.3, -0.25) is 0 Å². The summed E-state index contributed by atoms with van der Waals surface area (Å²) in [6.45, 7) is 6.22. The van der Waals surface area contributed by atoms with Crippen molar-refractivity contribution in [1.82, 2.24) is 14.5 Å².